The molecule has 0 bridgehead atoms. The van der Waals surface area contributed by atoms with Gasteiger partial charge in [-0.05, 0) is 19.1 Å². The highest BCUT2D eigenvalue weighted by molar-refractivity contribution is 6.35. The Labute approximate surface area is 156 Å². The molecule has 1 aromatic rings. The van der Waals surface area contributed by atoms with Gasteiger partial charge >= 0.3 is 11.8 Å². The molecule has 1 saturated heterocycles. The SMILES string of the molecule is CCNC(=O)C(=O)NC[C@@H](c1ccc(N(C)C)cc1)[NH+]1CC[NH+](C)CC1. The summed E-state index contributed by atoms with van der Waals surface area (Å²) in [6.07, 6.45) is 0. The normalized spacial score (nSPS) is 20.9. The number of nitrogens with one attached hydrogen (secondary N) is 4. The molecule has 1 aromatic carbocycles. The van der Waals surface area contributed by atoms with E-state index < -0.39 is 11.8 Å². The maximum atomic E-state index is 12.0. The first kappa shape index (κ1) is 20.2. The Balaban J connectivity index is 2.11. The van der Waals surface area contributed by atoms with Crippen molar-refractivity contribution in [2.45, 2.75) is 13.0 Å². The molecule has 2 amide bonds. The van der Waals surface area contributed by atoms with E-state index in [9.17, 15) is 9.59 Å². The molecule has 1 atom stereocenters. The van der Waals surface area contributed by atoms with Gasteiger partial charge in [-0.3, -0.25) is 9.59 Å². The Morgan fingerprint density at radius 3 is 2.15 bits per heavy atom. The Morgan fingerprint density at radius 2 is 1.62 bits per heavy atom. The molecule has 1 aliphatic heterocycles. The topological polar surface area (TPSA) is 70.3 Å². The van der Waals surface area contributed by atoms with E-state index in [0.717, 1.165) is 31.9 Å². The van der Waals surface area contributed by atoms with Crippen molar-refractivity contribution in [2.75, 3.05) is 65.3 Å². The van der Waals surface area contributed by atoms with Crippen LogP contribution in [-0.2, 0) is 9.59 Å². The predicted octanol–water partition coefficient (Wildman–Crippen LogP) is -2.54. The Morgan fingerprint density at radius 1 is 1.04 bits per heavy atom. The second kappa shape index (κ2) is 9.54. The van der Waals surface area contributed by atoms with Gasteiger partial charge in [-0.1, -0.05) is 12.1 Å². The van der Waals surface area contributed by atoms with Crippen LogP contribution < -0.4 is 25.3 Å². The molecule has 7 heteroatoms. The predicted molar refractivity (Wildman–Crippen MR) is 103 cm³/mol. The van der Waals surface area contributed by atoms with Gasteiger partial charge in [-0.15, -0.1) is 0 Å². The molecule has 1 heterocycles. The first-order valence-electron chi connectivity index (χ1n) is 9.41. The van der Waals surface area contributed by atoms with E-state index in [1.165, 1.54) is 10.5 Å². The van der Waals surface area contributed by atoms with Crippen LogP contribution in [0.1, 0.15) is 18.5 Å². The third kappa shape index (κ3) is 5.44. The Hall–Kier alpha value is -2.12. The minimum Gasteiger partial charge on any atom is -0.378 e. The number of likely N-dealkylation sites (N-methyl/N-ethyl adjacent to an activating group) is 2. The van der Waals surface area contributed by atoms with Crippen molar-refractivity contribution in [3.8, 4) is 0 Å². The fraction of sp³-hybridized carbons (Fsp3) is 0.579. The molecule has 1 fully saturated rings. The van der Waals surface area contributed by atoms with E-state index in [0.29, 0.717) is 13.1 Å². The number of amides is 2. The second-order valence-electron chi connectivity index (χ2n) is 7.22. The maximum Gasteiger partial charge on any atom is 0.309 e. The molecule has 4 N–H and O–H groups in total. The molecule has 0 spiro atoms. The number of hydrogen-bond donors (Lipinski definition) is 4. The summed E-state index contributed by atoms with van der Waals surface area (Å²) in [7, 11) is 6.26. The van der Waals surface area contributed by atoms with Gasteiger partial charge in [0.25, 0.3) is 0 Å². The summed E-state index contributed by atoms with van der Waals surface area (Å²) in [5.41, 5.74) is 2.35. The summed E-state index contributed by atoms with van der Waals surface area (Å²) in [4.78, 5) is 28.8. The lowest BCUT2D eigenvalue weighted by Crippen LogP contribution is -3.27. The molecule has 1 aliphatic rings. The fourth-order valence-electron chi connectivity index (χ4n) is 3.36. The quantitative estimate of drug-likeness (QED) is 0.421. The summed E-state index contributed by atoms with van der Waals surface area (Å²) in [5, 5.41) is 5.37. The van der Waals surface area contributed by atoms with Crippen LogP contribution >= 0.6 is 0 Å². The third-order valence-electron chi connectivity index (χ3n) is 5.06. The van der Waals surface area contributed by atoms with Gasteiger partial charge in [-0.2, -0.15) is 0 Å². The van der Waals surface area contributed by atoms with Gasteiger partial charge in [-0.25, -0.2) is 0 Å². The van der Waals surface area contributed by atoms with Crippen molar-refractivity contribution in [3.05, 3.63) is 29.8 Å². The average molecular weight is 364 g/mol. The maximum absolute atomic E-state index is 12.0. The fourth-order valence-corrected chi connectivity index (χ4v) is 3.36. The number of piperazine rings is 1. The Bertz CT molecular complexity index is 594. The van der Waals surface area contributed by atoms with Gasteiger partial charge in [0.1, 0.15) is 32.2 Å². The number of carbonyl (C=O) groups excluding carboxylic acids is 2. The van der Waals surface area contributed by atoms with Crippen LogP contribution in [0.3, 0.4) is 0 Å². The lowest BCUT2D eigenvalue weighted by Gasteiger charge is -2.33. The third-order valence-corrected chi connectivity index (χ3v) is 5.06. The molecule has 0 unspecified atom stereocenters. The standard InChI is InChI=1S/C19H31N5O2/c1-5-20-18(25)19(26)21-14-17(24-12-10-23(4)11-13-24)15-6-8-16(9-7-15)22(2)3/h6-9,17H,5,10-14H2,1-4H3,(H,20,25)(H,21,26)/p+2/t17-/m0/s1. The molecular formula is C19H33N5O2+2. The van der Waals surface area contributed by atoms with Crippen molar-refractivity contribution in [1.82, 2.24) is 10.6 Å². The molecule has 0 radical (unpaired) electrons. The van der Waals surface area contributed by atoms with Gasteiger partial charge < -0.3 is 25.3 Å². The zero-order valence-electron chi connectivity index (χ0n) is 16.4. The van der Waals surface area contributed by atoms with E-state index in [1.807, 2.05) is 14.1 Å². The smallest absolute Gasteiger partial charge is 0.309 e. The van der Waals surface area contributed by atoms with Crippen molar-refractivity contribution >= 4 is 17.5 Å². The molecule has 0 saturated carbocycles. The lowest BCUT2D eigenvalue weighted by molar-refractivity contribution is -1.02. The summed E-state index contributed by atoms with van der Waals surface area (Å²) in [6.45, 7) is 7.07. The number of nitrogens with zero attached hydrogens (tertiary/aromatic N) is 1. The van der Waals surface area contributed by atoms with Gasteiger partial charge in [0.2, 0.25) is 0 Å². The number of carbonyl (C=O) groups is 2. The zero-order chi connectivity index (χ0) is 19.1. The van der Waals surface area contributed by atoms with Crippen LogP contribution in [0.25, 0.3) is 0 Å². The minimum atomic E-state index is -0.563. The van der Waals surface area contributed by atoms with E-state index in [1.54, 1.807) is 11.8 Å². The van der Waals surface area contributed by atoms with E-state index in [-0.39, 0.29) is 6.04 Å². The summed E-state index contributed by atoms with van der Waals surface area (Å²) >= 11 is 0. The molecular weight excluding hydrogens is 330 g/mol. The number of rotatable bonds is 6. The molecule has 26 heavy (non-hydrogen) atoms. The minimum absolute atomic E-state index is 0.151. The van der Waals surface area contributed by atoms with Crippen LogP contribution in [0.4, 0.5) is 5.69 Å². The summed E-state index contributed by atoms with van der Waals surface area (Å²) < 4.78 is 0. The van der Waals surface area contributed by atoms with E-state index in [2.05, 4.69) is 46.8 Å². The highest BCUT2D eigenvalue weighted by Gasteiger charge is 2.30. The molecule has 0 aromatic heterocycles. The first-order chi connectivity index (χ1) is 12.4. The number of anilines is 1. The van der Waals surface area contributed by atoms with Crippen LogP contribution in [0.15, 0.2) is 24.3 Å². The number of benzene rings is 1. The monoisotopic (exact) mass is 363 g/mol. The van der Waals surface area contributed by atoms with E-state index >= 15 is 0 Å². The van der Waals surface area contributed by atoms with Crippen LogP contribution in [0.5, 0.6) is 0 Å². The summed E-state index contributed by atoms with van der Waals surface area (Å²) in [6, 6.07) is 8.63. The molecule has 7 nitrogen and oxygen atoms in total. The molecule has 0 aliphatic carbocycles. The lowest BCUT2D eigenvalue weighted by atomic mass is 10.0. The van der Waals surface area contributed by atoms with Crippen molar-refractivity contribution < 1.29 is 19.4 Å². The van der Waals surface area contributed by atoms with Crippen molar-refractivity contribution in [1.29, 1.82) is 0 Å². The largest absolute Gasteiger partial charge is 0.378 e. The van der Waals surface area contributed by atoms with Crippen LogP contribution in [0.2, 0.25) is 0 Å². The summed E-state index contributed by atoms with van der Waals surface area (Å²) in [5.74, 6) is -1.12. The van der Waals surface area contributed by atoms with Crippen molar-refractivity contribution in [2.24, 2.45) is 0 Å². The van der Waals surface area contributed by atoms with E-state index in [4.69, 9.17) is 0 Å². The average Bonchev–Trinajstić information content (AvgIpc) is 2.63. The van der Waals surface area contributed by atoms with Gasteiger partial charge in [0.15, 0.2) is 0 Å². The van der Waals surface area contributed by atoms with Crippen LogP contribution in [0, 0.1) is 0 Å². The first-order valence-corrected chi connectivity index (χ1v) is 9.41. The molecule has 2 rings (SSSR count). The number of quaternary nitrogens is 2. The zero-order valence-corrected chi connectivity index (χ0v) is 16.4. The highest BCUT2D eigenvalue weighted by atomic mass is 16.2. The van der Waals surface area contributed by atoms with Gasteiger partial charge in [0.05, 0.1) is 13.6 Å². The molecule has 144 valence electrons. The van der Waals surface area contributed by atoms with Crippen molar-refractivity contribution in [3.63, 3.8) is 0 Å². The second-order valence-corrected chi connectivity index (χ2v) is 7.22. The number of hydrogen-bond acceptors (Lipinski definition) is 3. The van der Waals surface area contributed by atoms with Gasteiger partial charge in [0, 0.05) is 31.9 Å². The highest BCUT2D eigenvalue weighted by Crippen LogP contribution is 2.16. The van der Waals surface area contributed by atoms with Crippen LogP contribution in [-0.4, -0.2) is 72.2 Å². The Kier molecular flexibility index (Phi) is 7.41.